The van der Waals surface area contributed by atoms with E-state index in [1.807, 2.05) is 24.6 Å². The molecule has 0 radical (unpaired) electrons. The number of halogens is 1. The number of hydrogen-bond donors (Lipinski definition) is 1. The minimum absolute atomic E-state index is 0.0796. The molecule has 4 rings (SSSR count). The molecule has 1 amide bonds. The number of carbonyl (C=O) groups is 1. The van der Waals surface area contributed by atoms with Crippen LogP contribution in [0.15, 0.2) is 67.3 Å². The smallest absolute Gasteiger partial charge is 0.248 e. The molecule has 0 unspecified atom stereocenters. The second-order valence-corrected chi connectivity index (χ2v) is 7.12. The van der Waals surface area contributed by atoms with Gasteiger partial charge in [0.1, 0.15) is 5.75 Å². The lowest BCUT2D eigenvalue weighted by Crippen LogP contribution is -2.08. The number of carbonyl (C=O) groups excluding carboxylic acids is 1. The molecule has 3 heterocycles. The number of rotatable bonds is 6. The van der Waals surface area contributed by atoms with Gasteiger partial charge in [-0.1, -0.05) is 6.07 Å². The third-order valence-electron chi connectivity index (χ3n) is 4.44. The summed E-state index contributed by atoms with van der Waals surface area (Å²) in [6.07, 6.45) is 9.25. The first-order valence-electron chi connectivity index (χ1n) is 9.69. The van der Waals surface area contributed by atoms with Crippen molar-refractivity contribution in [3.63, 3.8) is 0 Å². The Balaban J connectivity index is 1.42. The Morgan fingerprint density at radius 2 is 2.06 bits per heavy atom. The molecule has 0 fully saturated rings. The SMILES string of the molecule is CC(C)n1ncc2cc(NC(=O)/C=C/c3ccc(Oc4cccnc4)c(F)c3)cnc21. The van der Waals surface area contributed by atoms with Crippen LogP contribution in [0.25, 0.3) is 17.1 Å². The first-order chi connectivity index (χ1) is 15.0. The molecule has 0 aliphatic carbocycles. The highest BCUT2D eigenvalue weighted by molar-refractivity contribution is 6.02. The maximum absolute atomic E-state index is 14.3. The second kappa shape index (κ2) is 8.74. The minimum atomic E-state index is -0.539. The quantitative estimate of drug-likeness (QED) is 0.447. The molecule has 0 bridgehead atoms. The summed E-state index contributed by atoms with van der Waals surface area (Å²) in [4.78, 5) is 20.6. The average molecular weight is 417 g/mol. The van der Waals surface area contributed by atoms with Gasteiger partial charge < -0.3 is 10.1 Å². The van der Waals surface area contributed by atoms with E-state index >= 15 is 0 Å². The Hall–Kier alpha value is -4.07. The van der Waals surface area contributed by atoms with Gasteiger partial charge in [-0.05, 0) is 55.8 Å². The van der Waals surface area contributed by atoms with E-state index in [1.54, 1.807) is 36.8 Å². The van der Waals surface area contributed by atoms with Crippen LogP contribution in [0, 0.1) is 5.82 Å². The third-order valence-corrected chi connectivity index (χ3v) is 4.44. The van der Waals surface area contributed by atoms with Gasteiger partial charge in [-0.25, -0.2) is 14.1 Å². The molecular formula is C23H20FN5O2. The number of hydrogen-bond acceptors (Lipinski definition) is 5. The Kier molecular flexibility index (Phi) is 5.70. The van der Waals surface area contributed by atoms with E-state index in [-0.39, 0.29) is 17.7 Å². The van der Waals surface area contributed by atoms with Gasteiger partial charge in [-0.2, -0.15) is 5.10 Å². The average Bonchev–Trinajstić information content (AvgIpc) is 3.18. The number of nitrogens with one attached hydrogen (secondary N) is 1. The van der Waals surface area contributed by atoms with E-state index in [9.17, 15) is 9.18 Å². The Bertz CT molecular complexity index is 1250. The Labute approximate surface area is 178 Å². The van der Waals surface area contributed by atoms with E-state index in [0.717, 1.165) is 11.0 Å². The number of fused-ring (bicyclic) bond motifs is 1. The van der Waals surface area contributed by atoms with Gasteiger partial charge in [-0.15, -0.1) is 0 Å². The molecule has 0 spiro atoms. The predicted molar refractivity (Wildman–Crippen MR) is 116 cm³/mol. The van der Waals surface area contributed by atoms with Crippen molar-refractivity contribution >= 4 is 28.7 Å². The second-order valence-electron chi connectivity index (χ2n) is 7.12. The number of ether oxygens (including phenoxy) is 1. The van der Waals surface area contributed by atoms with E-state index in [2.05, 4.69) is 20.4 Å². The summed E-state index contributed by atoms with van der Waals surface area (Å²) in [6, 6.07) is 9.84. The maximum atomic E-state index is 14.3. The number of pyridine rings is 2. The zero-order chi connectivity index (χ0) is 21.8. The molecule has 4 aromatic rings. The van der Waals surface area contributed by atoms with Gasteiger partial charge in [0.2, 0.25) is 5.91 Å². The molecule has 156 valence electrons. The van der Waals surface area contributed by atoms with Crippen LogP contribution < -0.4 is 10.1 Å². The zero-order valence-corrected chi connectivity index (χ0v) is 17.0. The summed E-state index contributed by atoms with van der Waals surface area (Å²) in [5.74, 6) is -0.374. The summed E-state index contributed by atoms with van der Waals surface area (Å²) in [5.41, 5.74) is 1.84. The van der Waals surface area contributed by atoms with Crippen LogP contribution >= 0.6 is 0 Å². The van der Waals surface area contributed by atoms with Crippen molar-refractivity contribution in [3.05, 3.63) is 78.6 Å². The van der Waals surface area contributed by atoms with E-state index in [0.29, 0.717) is 17.0 Å². The monoisotopic (exact) mass is 417 g/mol. The fourth-order valence-electron chi connectivity index (χ4n) is 2.98. The third kappa shape index (κ3) is 4.75. The lowest BCUT2D eigenvalue weighted by atomic mass is 10.2. The van der Waals surface area contributed by atoms with Crippen molar-refractivity contribution in [2.75, 3.05) is 5.32 Å². The van der Waals surface area contributed by atoms with Crippen molar-refractivity contribution in [3.8, 4) is 11.5 Å². The van der Waals surface area contributed by atoms with Gasteiger partial charge in [0.05, 0.1) is 24.3 Å². The zero-order valence-electron chi connectivity index (χ0n) is 17.0. The van der Waals surface area contributed by atoms with Crippen molar-refractivity contribution < 1.29 is 13.9 Å². The molecule has 7 nitrogen and oxygen atoms in total. The standard InChI is InChI=1S/C23H20FN5O2/c1-15(2)29-23-17(12-27-29)11-18(13-26-23)28-22(30)8-6-16-5-7-21(20(24)10-16)31-19-4-3-9-25-14-19/h3-15H,1-2H3,(H,28,30)/b8-6+. The van der Waals surface area contributed by atoms with Gasteiger partial charge in [0.15, 0.2) is 17.2 Å². The first kappa shape index (κ1) is 20.2. The molecule has 0 atom stereocenters. The van der Waals surface area contributed by atoms with Gasteiger partial charge in [0.25, 0.3) is 0 Å². The minimum Gasteiger partial charge on any atom is -0.453 e. The summed E-state index contributed by atoms with van der Waals surface area (Å²) < 4.78 is 21.6. The highest BCUT2D eigenvalue weighted by Crippen LogP contribution is 2.25. The Morgan fingerprint density at radius 1 is 1.19 bits per heavy atom. The highest BCUT2D eigenvalue weighted by Gasteiger charge is 2.09. The molecule has 0 aliphatic rings. The molecule has 8 heteroatoms. The topological polar surface area (TPSA) is 81.9 Å². The summed E-state index contributed by atoms with van der Waals surface area (Å²) >= 11 is 0. The molecule has 1 aromatic carbocycles. The number of anilines is 1. The molecular weight excluding hydrogens is 397 g/mol. The van der Waals surface area contributed by atoms with Crippen LogP contribution in [0.2, 0.25) is 0 Å². The van der Waals surface area contributed by atoms with E-state index < -0.39 is 5.82 Å². The van der Waals surface area contributed by atoms with Crippen LogP contribution in [0.4, 0.5) is 10.1 Å². The molecule has 31 heavy (non-hydrogen) atoms. The van der Waals surface area contributed by atoms with Crippen molar-refractivity contribution in [1.82, 2.24) is 19.7 Å². The first-order valence-corrected chi connectivity index (χ1v) is 9.69. The molecule has 0 saturated carbocycles. The van der Waals surface area contributed by atoms with Crippen molar-refractivity contribution in [2.24, 2.45) is 0 Å². The van der Waals surface area contributed by atoms with Crippen molar-refractivity contribution in [2.45, 2.75) is 19.9 Å². The summed E-state index contributed by atoms with van der Waals surface area (Å²) in [7, 11) is 0. The number of nitrogens with zero attached hydrogens (tertiary/aromatic N) is 4. The van der Waals surface area contributed by atoms with Crippen LogP contribution in [0.1, 0.15) is 25.5 Å². The fraction of sp³-hybridized carbons (Fsp3) is 0.130. The number of aromatic nitrogens is 4. The molecule has 0 saturated heterocycles. The Morgan fingerprint density at radius 3 is 2.81 bits per heavy atom. The van der Waals surface area contributed by atoms with Crippen LogP contribution in [-0.4, -0.2) is 25.7 Å². The fourth-order valence-corrected chi connectivity index (χ4v) is 2.98. The number of amides is 1. The van der Waals surface area contributed by atoms with Gasteiger partial charge in [0, 0.05) is 23.7 Å². The molecule has 1 N–H and O–H groups in total. The van der Waals surface area contributed by atoms with E-state index in [4.69, 9.17) is 4.74 Å². The van der Waals surface area contributed by atoms with E-state index in [1.165, 1.54) is 30.5 Å². The van der Waals surface area contributed by atoms with Gasteiger partial charge >= 0.3 is 0 Å². The van der Waals surface area contributed by atoms with Crippen LogP contribution in [0.5, 0.6) is 11.5 Å². The molecule has 0 aliphatic heterocycles. The van der Waals surface area contributed by atoms with Gasteiger partial charge in [-0.3, -0.25) is 9.78 Å². The summed E-state index contributed by atoms with van der Waals surface area (Å²) in [6.45, 7) is 4.05. The highest BCUT2D eigenvalue weighted by atomic mass is 19.1. The lowest BCUT2D eigenvalue weighted by Gasteiger charge is -2.07. The molecule has 3 aromatic heterocycles. The summed E-state index contributed by atoms with van der Waals surface area (Å²) in [5, 5.41) is 7.90. The van der Waals surface area contributed by atoms with Crippen LogP contribution in [-0.2, 0) is 4.79 Å². The maximum Gasteiger partial charge on any atom is 0.248 e. The largest absolute Gasteiger partial charge is 0.453 e. The number of benzene rings is 1. The lowest BCUT2D eigenvalue weighted by molar-refractivity contribution is -0.111. The van der Waals surface area contributed by atoms with Crippen molar-refractivity contribution in [1.29, 1.82) is 0 Å². The predicted octanol–water partition coefficient (Wildman–Crippen LogP) is 4.99. The van der Waals surface area contributed by atoms with Crippen LogP contribution in [0.3, 0.4) is 0 Å². The normalized spacial score (nSPS) is 11.4.